The molecule has 0 radical (unpaired) electrons. The van der Waals surface area contributed by atoms with E-state index < -0.39 is 23.0 Å². The zero-order valence-electron chi connectivity index (χ0n) is 11.4. The van der Waals surface area contributed by atoms with E-state index in [1.54, 1.807) is 20.8 Å². The first-order chi connectivity index (χ1) is 8.19. The van der Waals surface area contributed by atoms with Crippen molar-refractivity contribution in [3.63, 3.8) is 0 Å². The molecule has 2 fully saturated rings. The molecular formula is C14H22O4. The zero-order valence-corrected chi connectivity index (χ0v) is 11.4. The first-order valence-electron chi connectivity index (χ1n) is 6.66. The third-order valence-electron chi connectivity index (χ3n) is 4.32. The van der Waals surface area contributed by atoms with Gasteiger partial charge in [-0.2, -0.15) is 0 Å². The molecule has 0 aromatic rings. The van der Waals surface area contributed by atoms with Gasteiger partial charge in [-0.3, -0.25) is 9.59 Å². The molecule has 0 heterocycles. The van der Waals surface area contributed by atoms with E-state index in [4.69, 9.17) is 4.74 Å². The van der Waals surface area contributed by atoms with Crippen LogP contribution in [-0.4, -0.2) is 22.6 Å². The van der Waals surface area contributed by atoms with Crippen LogP contribution in [0.1, 0.15) is 59.3 Å². The van der Waals surface area contributed by atoms with Gasteiger partial charge in [0.2, 0.25) is 0 Å². The third kappa shape index (κ3) is 2.38. The van der Waals surface area contributed by atoms with Crippen molar-refractivity contribution in [1.82, 2.24) is 0 Å². The van der Waals surface area contributed by atoms with Crippen LogP contribution in [-0.2, 0) is 14.3 Å². The summed E-state index contributed by atoms with van der Waals surface area (Å²) in [6.45, 7) is 5.31. The lowest BCUT2D eigenvalue weighted by atomic mass is 9.69. The average molecular weight is 254 g/mol. The molecule has 0 aromatic heterocycles. The van der Waals surface area contributed by atoms with Gasteiger partial charge in [0, 0.05) is 0 Å². The maximum atomic E-state index is 12.2. The molecule has 0 amide bonds. The Bertz CT molecular complexity index is 364. The van der Waals surface area contributed by atoms with Gasteiger partial charge in [-0.25, -0.2) is 0 Å². The lowest BCUT2D eigenvalue weighted by molar-refractivity contribution is -0.180. The van der Waals surface area contributed by atoms with Crippen molar-refractivity contribution in [2.45, 2.75) is 64.9 Å². The van der Waals surface area contributed by atoms with Gasteiger partial charge in [-0.05, 0) is 64.7 Å². The smallest absolute Gasteiger partial charge is 0.323 e. The van der Waals surface area contributed by atoms with Gasteiger partial charge in [0.1, 0.15) is 5.60 Å². The predicted octanol–water partition coefficient (Wildman–Crippen LogP) is 2.75. The summed E-state index contributed by atoms with van der Waals surface area (Å²) in [5, 5.41) is 9.45. The minimum absolute atomic E-state index is 0.362. The monoisotopic (exact) mass is 254 g/mol. The van der Waals surface area contributed by atoms with Crippen LogP contribution in [0.4, 0.5) is 0 Å². The molecule has 4 heteroatoms. The summed E-state index contributed by atoms with van der Waals surface area (Å²) < 4.78 is 5.31. The highest BCUT2D eigenvalue weighted by Gasteiger charge is 2.57. The molecule has 4 nitrogen and oxygen atoms in total. The van der Waals surface area contributed by atoms with E-state index in [-0.39, 0.29) is 0 Å². The summed E-state index contributed by atoms with van der Waals surface area (Å²) >= 11 is 0. The molecule has 0 aromatic carbocycles. The van der Waals surface area contributed by atoms with Crippen LogP contribution in [0.3, 0.4) is 0 Å². The van der Waals surface area contributed by atoms with Crippen LogP contribution in [0, 0.1) is 10.8 Å². The minimum Gasteiger partial charge on any atom is -0.480 e. The Morgan fingerprint density at radius 1 is 1.00 bits per heavy atom. The molecule has 0 atom stereocenters. The largest absolute Gasteiger partial charge is 0.480 e. The number of carbonyl (C=O) groups excluding carboxylic acids is 1. The highest BCUT2D eigenvalue weighted by atomic mass is 16.6. The second-order valence-corrected chi connectivity index (χ2v) is 6.89. The van der Waals surface area contributed by atoms with E-state index in [1.165, 1.54) is 12.8 Å². The predicted molar refractivity (Wildman–Crippen MR) is 66.0 cm³/mol. The normalized spacial score (nSPS) is 24.6. The minimum atomic E-state index is -1.30. The maximum absolute atomic E-state index is 12.2. The molecule has 2 rings (SSSR count). The number of carboxylic acid groups (broad SMARTS) is 1. The Morgan fingerprint density at radius 3 is 1.78 bits per heavy atom. The van der Waals surface area contributed by atoms with E-state index in [1.807, 2.05) is 0 Å². The van der Waals surface area contributed by atoms with E-state index in [9.17, 15) is 14.7 Å². The lowest BCUT2D eigenvalue weighted by Crippen LogP contribution is -2.46. The van der Waals surface area contributed by atoms with Crippen LogP contribution < -0.4 is 0 Å². The number of carboxylic acids is 1. The molecule has 1 N–H and O–H groups in total. The Hall–Kier alpha value is -1.06. The first kappa shape index (κ1) is 13.4. The molecule has 0 saturated heterocycles. The van der Waals surface area contributed by atoms with Gasteiger partial charge in [-0.15, -0.1) is 0 Å². The van der Waals surface area contributed by atoms with Crippen molar-refractivity contribution >= 4 is 11.9 Å². The summed E-state index contributed by atoms with van der Waals surface area (Å²) in [4.78, 5) is 23.7. The lowest BCUT2D eigenvalue weighted by Gasteiger charge is -2.36. The van der Waals surface area contributed by atoms with Crippen molar-refractivity contribution in [1.29, 1.82) is 0 Å². The number of aliphatic carboxylic acids is 1. The van der Waals surface area contributed by atoms with Gasteiger partial charge in [-0.1, -0.05) is 0 Å². The summed E-state index contributed by atoms with van der Waals surface area (Å²) in [7, 11) is 0. The molecule has 102 valence electrons. The summed E-state index contributed by atoms with van der Waals surface area (Å²) in [5.41, 5.74) is -1.57. The second kappa shape index (κ2) is 3.97. The van der Waals surface area contributed by atoms with Crippen LogP contribution in [0.5, 0.6) is 0 Å². The molecular weight excluding hydrogens is 232 g/mol. The third-order valence-corrected chi connectivity index (χ3v) is 4.32. The van der Waals surface area contributed by atoms with Crippen molar-refractivity contribution in [3.8, 4) is 0 Å². The number of rotatable bonds is 2. The highest BCUT2D eigenvalue weighted by molar-refractivity contribution is 5.99. The Kier molecular flexibility index (Phi) is 2.95. The Morgan fingerprint density at radius 2 is 1.44 bits per heavy atom. The SMILES string of the molecule is CC(C)(C)OC(=O)C1(C(=O)O)CCC2(CC2)CC1. The fourth-order valence-electron chi connectivity index (χ4n) is 2.76. The fourth-order valence-corrected chi connectivity index (χ4v) is 2.76. The number of hydrogen-bond donors (Lipinski definition) is 1. The second-order valence-electron chi connectivity index (χ2n) is 6.89. The molecule has 0 unspecified atom stereocenters. The van der Waals surface area contributed by atoms with Crippen LogP contribution in [0.15, 0.2) is 0 Å². The Balaban J connectivity index is 2.12. The van der Waals surface area contributed by atoms with E-state index in [2.05, 4.69) is 0 Å². The molecule has 1 spiro atoms. The van der Waals surface area contributed by atoms with Crippen molar-refractivity contribution < 1.29 is 19.4 Å². The van der Waals surface area contributed by atoms with Crippen molar-refractivity contribution in [2.75, 3.05) is 0 Å². The quantitative estimate of drug-likeness (QED) is 0.608. The van der Waals surface area contributed by atoms with Crippen molar-refractivity contribution in [2.24, 2.45) is 10.8 Å². The van der Waals surface area contributed by atoms with Gasteiger partial charge < -0.3 is 9.84 Å². The zero-order chi connectivity index (χ0) is 13.6. The van der Waals surface area contributed by atoms with Crippen molar-refractivity contribution in [3.05, 3.63) is 0 Å². The standard InChI is InChI=1S/C14H22O4/c1-12(2,3)18-11(17)14(10(15)16)8-6-13(4-5-13)7-9-14/h4-9H2,1-3H3,(H,15,16). The summed E-state index contributed by atoms with van der Waals surface area (Å²) in [6, 6.07) is 0. The fraction of sp³-hybridized carbons (Fsp3) is 0.857. The number of hydrogen-bond acceptors (Lipinski definition) is 3. The summed E-state index contributed by atoms with van der Waals surface area (Å²) in [6.07, 6.45) is 4.93. The maximum Gasteiger partial charge on any atom is 0.323 e. The van der Waals surface area contributed by atoms with Gasteiger partial charge in [0.15, 0.2) is 5.41 Å². The van der Waals surface area contributed by atoms with Gasteiger partial charge in [0.25, 0.3) is 0 Å². The molecule has 2 aliphatic rings. The molecule has 18 heavy (non-hydrogen) atoms. The highest BCUT2D eigenvalue weighted by Crippen LogP contribution is 2.60. The van der Waals surface area contributed by atoms with Crippen LogP contribution in [0.2, 0.25) is 0 Å². The average Bonchev–Trinajstić information content (AvgIpc) is 2.96. The van der Waals surface area contributed by atoms with Gasteiger partial charge >= 0.3 is 11.9 Å². The molecule has 2 saturated carbocycles. The number of esters is 1. The number of carbonyl (C=O) groups is 2. The topological polar surface area (TPSA) is 63.6 Å². The Labute approximate surface area is 108 Å². The summed E-state index contributed by atoms with van der Waals surface area (Å²) in [5.74, 6) is -1.58. The van der Waals surface area contributed by atoms with Crippen LogP contribution in [0.25, 0.3) is 0 Å². The molecule has 0 aliphatic heterocycles. The first-order valence-corrected chi connectivity index (χ1v) is 6.66. The van der Waals surface area contributed by atoms with Gasteiger partial charge in [0.05, 0.1) is 0 Å². The van der Waals surface area contributed by atoms with E-state index >= 15 is 0 Å². The van der Waals surface area contributed by atoms with E-state index in [0.717, 1.165) is 12.8 Å². The van der Waals surface area contributed by atoms with Crippen LogP contribution >= 0.6 is 0 Å². The molecule has 2 aliphatic carbocycles. The number of ether oxygens (including phenoxy) is 1. The molecule has 0 bridgehead atoms. The van der Waals surface area contributed by atoms with E-state index in [0.29, 0.717) is 18.3 Å².